The number of allylic oxidation sites excluding steroid dienone is 2. The molecule has 3 unspecified atom stereocenters. The zero-order valence-corrected chi connectivity index (χ0v) is 7.79. The molecule has 13 heavy (non-hydrogen) atoms. The van der Waals surface area contributed by atoms with Gasteiger partial charge in [0.05, 0.1) is 0 Å². The van der Waals surface area contributed by atoms with E-state index in [1.807, 2.05) is 6.08 Å². The summed E-state index contributed by atoms with van der Waals surface area (Å²) in [6, 6.07) is 0. The summed E-state index contributed by atoms with van der Waals surface area (Å²) in [7, 11) is -4.26. The lowest BCUT2D eigenvalue weighted by Gasteiger charge is -2.16. The van der Waals surface area contributed by atoms with E-state index < -0.39 is 15.2 Å². The summed E-state index contributed by atoms with van der Waals surface area (Å²) in [6.07, 6.45) is 5.65. The summed E-state index contributed by atoms with van der Waals surface area (Å²) in [6.45, 7) is 0. The van der Waals surface area contributed by atoms with Crippen molar-refractivity contribution in [2.75, 3.05) is 0 Å². The molecule has 0 aliphatic heterocycles. The third-order valence-electron chi connectivity index (χ3n) is 2.89. The standard InChI is InChI=1S/C8H11NO3S/c9-8(13(10,11)12)7-4-5-1-2-6(7)3-5/h1-2,5-7,9H,3-4H2,(H,10,11,12). The molecule has 2 bridgehead atoms. The second-order valence-electron chi connectivity index (χ2n) is 3.73. The molecule has 0 amide bonds. The molecule has 3 atom stereocenters. The molecule has 0 saturated heterocycles. The SMILES string of the molecule is N=C(C1CC2C=CC1C2)S(=O)(=O)O. The normalized spacial score (nSPS) is 36.8. The van der Waals surface area contributed by atoms with E-state index in [1.165, 1.54) is 0 Å². The van der Waals surface area contributed by atoms with Crippen molar-refractivity contribution in [1.82, 2.24) is 0 Å². The number of rotatable bonds is 1. The highest BCUT2D eigenvalue weighted by Gasteiger charge is 2.41. The van der Waals surface area contributed by atoms with Crippen LogP contribution in [0.4, 0.5) is 0 Å². The highest BCUT2D eigenvalue weighted by Crippen LogP contribution is 2.44. The largest absolute Gasteiger partial charge is 0.307 e. The van der Waals surface area contributed by atoms with E-state index in [9.17, 15) is 8.42 Å². The van der Waals surface area contributed by atoms with Crippen LogP contribution in [-0.2, 0) is 10.1 Å². The van der Waals surface area contributed by atoms with Gasteiger partial charge in [-0.2, -0.15) is 8.42 Å². The van der Waals surface area contributed by atoms with Crippen LogP contribution in [0, 0.1) is 23.2 Å². The maximum Gasteiger partial charge on any atom is 0.307 e. The molecule has 4 nitrogen and oxygen atoms in total. The van der Waals surface area contributed by atoms with Gasteiger partial charge in [0, 0.05) is 5.92 Å². The fraction of sp³-hybridized carbons (Fsp3) is 0.625. The van der Waals surface area contributed by atoms with Crippen LogP contribution in [0.3, 0.4) is 0 Å². The molecule has 72 valence electrons. The van der Waals surface area contributed by atoms with Gasteiger partial charge >= 0.3 is 10.1 Å². The van der Waals surface area contributed by atoms with Crippen molar-refractivity contribution in [3.05, 3.63) is 12.2 Å². The molecule has 0 aromatic rings. The van der Waals surface area contributed by atoms with Gasteiger partial charge in [0.2, 0.25) is 0 Å². The molecular formula is C8H11NO3S. The summed E-state index contributed by atoms with van der Waals surface area (Å²) in [5.41, 5.74) is 0. The van der Waals surface area contributed by atoms with E-state index in [2.05, 4.69) is 6.08 Å². The molecule has 2 aliphatic carbocycles. The zero-order chi connectivity index (χ0) is 9.64. The first-order valence-corrected chi connectivity index (χ1v) is 5.67. The Morgan fingerprint density at radius 3 is 2.46 bits per heavy atom. The van der Waals surface area contributed by atoms with Crippen LogP contribution in [0.2, 0.25) is 0 Å². The number of hydrogen-bond donors (Lipinski definition) is 2. The lowest BCUT2D eigenvalue weighted by molar-refractivity contribution is 0.489. The minimum absolute atomic E-state index is 0.152. The number of hydrogen-bond acceptors (Lipinski definition) is 3. The van der Waals surface area contributed by atoms with E-state index in [4.69, 9.17) is 9.96 Å². The van der Waals surface area contributed by atoms with Gasteiger partial charge in [-0.15, -0.1) is 0 Å². The van der Waals surface area contributed by atoms with Crippen molar-refractivity contribution >= 4 is 15.2 Å². The first kappa shape index (κ1) is 8.90. The van der Waals surface area contributed by atoms with Gasteiger partial charge in [-0.25, -0.2) is 0 Å². The summed E-state index contributed by atoms with van der Waals surface area (Å²) < 4.78 is 30.1. The maximum absolute atomic E-state index is 10.7. The molecule has 1 fully saturated rings. The second-order valence-corrected chi connectivity index (χ2v) is 5.12. The molecule has 2 N–H and O–H groups in total. The topological polar surface area (TPSA) is 78.2 Å². The second kappa shape index (κ2) is 2.65. The minimum Gasteiger partial charge on any atom is -0.291 e. The van der Waals surface area contributed by atoms with Crippen LogP contribution in [0.15, 0.2) is 12.2 Å². The first-order valence-electron chi connectivity index (χ1n) is 4.23. The summed E-state index contributed by atoms with van der Waals surface area (Å²) in [5, 5.41) is 6.81. The Kier molecular flexibility index (Phi) is 1.82. The lowest BCUT2D eigenvalue weighted by atomic mass is 9.95. The van der Waals surface area contributed by atoms with Crippen molar-refractivity contribution in [3.8, 4) is 0 Å². The predicted molar refractivity (Wildman–Crippen MR) is 48.1 cm³/mol. The van der Waals surface area contributed by atoms with Gasteiger partial charge in [-0.3, -0.25) is 9.96 Å². The number of nitrogens with one attached hydrogen (secondary N) is 1. The van der Waals surface area contributed by atoms with Gasteiger partial charge < -0.3 is 0 Å². The Hall–Kier alpha value is -0.680. The Morgan fingerprint density at radius 2 is 2.08 bits per heavy atom. The van der Waals surface area contributed by atoms with Crippen LogP contribution in [0.1, 0.15) is 12.8 Å². The van der Waals surface area contributed by atoms with Gasteiger partial charge in [-0.1, -0.05) is 12.2 Å². The Balaban J connectivity index is 2.21. The third kappa shape index (κ3) is 1.42. The van der Waals surface area contributed by atoms with E-state index in [-0.39, 0.29) is 11.8 Å². The fourth-order valence-electron chi connectivity index (χ4n) is 2.27. The Morgan fingerprint density at radius 1 is 1.38 bits per heavy atom. The van der Waals surface area contributed by atoms with E-state index in [0.29, 0.717) is 12.3 Å². The monoisotopic (exact) mass is 201 g/mol. The lowest BCUT2D eigenvalue weighted by Crippen LogP contribution is -2.25. The molecular weight excluding hydrogens is 190 g/mol. The molecule has 0 heterocycles. The van der Waals surface area contributed by atoms with E-state index in [0.717, 1.165) is 6.42 Å². The average molecular weight is 201 g/mol. The Bertz CT molecular complexity index is 371. The molecule has 0 spiro atoms. The summed E-state index contributed by atoms with van der Waals surface area (Å²) in [4.78, 5) is 0. The van der Waals surface area contributed by atoms with Crippen LogP contribution >= 0.6 is 0 Å². The maximum atomic E-state index is 10.7. The van der Waals surface area contributed by atoms with Crippen molar-refractivity contribution < 1.29 is 13.0 Å². The molecule has 2 rings (SSSR count). The highest BCUT2D eigenvalue weighted by molar-refractivity contribution is 8.01. The molecule has 0 aromatic carbocycles. The van der Waals surface area contributed by atoms with Crippen LogP contribution < -0.4 is 0 Å². The molecule has 1 saturated carbocycles. The molecule has 2 aliphatic rings. The van der Waals surface area contributed by atoms with Crippen molar-refractivity contribution in [2.45, 2.75) is 12.8 Å². The highest BCUT2D eigenvalue weighted by atomic mass is 32.2. The van der Waals surface area contributed by atoms with Crippen LogP contribution in [0.5, 0.6) is 0 Å². The van der Waals surface area contributed by atoms with Crippen molar-refractivity contribution in [3.63, 3.8) is 0 Å². The summed E-state index contributed by atoms with van der Waals surface area (Å²) >= 11 is 0. The van der Waals surface area contributed by atoms with Crippen LogP contribution in [-0.4, -0.2) is 18.0 Å². The first-order chi connectivity index (χ1) is 5.98. The van der Waals surface area contributed by atoms with Gasteiger partial charge in [0.25, 0.3) is 0 Å². The van der Waals surface area contributed by atoms with Gasteiger partial charge in [0.1, 0.15) is 0 Å². The van der Waals surface area contributed by atoms with Crippen LogP contribution in [0.25, 0.3) is 0 Å². The molecule has 0 aromatic heterocycles. The van der Waals surface area contributed by atoms with Crippen molar-refractivity contribution in [1.29, 1.82) is 5.41 Å². The van der Waals surface area contributed by atoms with E-state index >= 15 is 0 Å². The molecule has 5 heteroatoms. The quantitative estimate of drug-likeness (QED) is 0.288. The number of fused-ring (bicyclic) bond motifs is 2. The molecule has 0 radical (unpaired) electrons. The van der Waals surface area contributed by atoms with E-state index in [1.54, 1.807) is 0 Å². The minimum atomic E-state index is -4.26. The fourth-order valence-corrected chi connectivity index (χ4v) is 2.93. The average Bonchev–Trinajstić information content (AvgIpc) is 2.60. The predicted octanol–water partition coefficient (Wildman–Crippen LogP) is 1.06. The Labute approximate surface area is 76.9 Å². The zero-order valence-electron chi connectivity index (χ0n) is 6.97. The van der Waals surface area contributed by atoms with Crippen molar-refractivity contribution in [2.24, 2.45) is 17.8 Å². The summed E-state index contributed by atoms with van der Waals surface area (Å²) in [5.74, 6) is 0.279. The third-order valence-corrected chi connectivity index (χ3v) is 3.75. The smallest absolute Gasteiger partial charge is 0.291 e. The van der Waals surface area contributed by atoms with Gasteiger partial charge in [0.15, 0.2) is 5.04 Å². The van der Waals surface area contributed by atoms with Gasteiger partial charge in [-0.05, 0) is 24.7 Å².